The molecule has 0 unspecified atom stereocenters. The minimum Gasteiger partial charge on any atom is -0.365 e. The van der Waals surface area contributed by atoms with Crippen molar-refractivity contribution < 1.29 is 0 Å². The van der Waals surface area contributed by atoms with Crippen LogP contribution in [-0.2, 0) is 0 Å². The summed E-state index contributed by atoms with van der Waals surface area (Å²) in [4.78, 5) is 8.79. The zero-order valence-electron chi connectivity index (χ0n) is 10.1. The lowest BCUT2D eigenvalue weighted by Gasteiger charge is -2.28. The standard InChI is InChI=1S/C12H15N5S/c1-8-14-10(16-9-6-13-7-9)5-11(15-8)17-12-3-2-4-18-12/h2-5,9,13H,6-7H2,1H3,(H2,14,15,16,17). The molecule has 3 rings (SSSR count). The van der Waals surface area contributed by atoms with Gasteiger partial charge in [-0.2, -0.15) is 0 Å². The van der Waals surface area contributed by atoms with E-state index in [1.165, 1.54) is 0 Å². The van der Waals surface area contributed by atoms with Crippen LogP contribution in [0, 0.1) is 6.92 Å². The summed E-state index contributed by atoms with van der Waals surface area (Å²) >= 11 is 1.66. The zero-order valence-corrected chi connectivity index (χ0v) is 10.9. The number of hydrogen-bond acceptors (Lipinski definition) is 6. The minimum atomic E-state index is 0.480. The van der Waals surface area contributed by atoms with Crippen molar-refractivity contribution in [1.82, 2.24) is 15.3 Å². The predicted molar refractivity (Wildman–Crippen MR) is 74.7 cm³/mol. The maximum Gasteiger partial charge on any atom is 0.136 e. The lowest BCUT2D eigenvalue weighted by atomic mass is 10.2. The van der Waals surface area contributed by atoms with Gasteiger partial charge < -0.3 is 16.0 Å². The number of nitrogens with one attached hydrogen (secondary N) is 3. The molecule has 1 aliphatic rings. The molecule has 0 aromatic carbocycles. The smallest absolute Gasteiger partial charge is 0.136 e. The van der Waals surface area contributed by atoms with E-state index in [4.69, 9.17) is 0 Å². The number of aromatic nitrogens is 2. The van der Waals surface area contributed by atoms with Gasteiger partial charge in [0, 0.05) is 19.2 Å². The Hall–Kier alpha value is -1.66. The van der Waals surface area contributed by atoms with Gasteiger partial charge in [-0.15, -0.1) is 11.3 Å². The molecule has 5 nitrogen and oxygen atoms in total. The average molecular weight is 261 g/mol. The van der Waals surface area contributed by atoms with Crippen LogP contribution in [0.2, 0.25) is 0 Å². The van der Waals surface area contributed by atoms with E-state index in [1.54, 1.807) is 11.3 Å². The summed E-state index contributed by atoms with van der Waals surface area (Å²) < 4.78 is 0. The molecule has 0 amide bonds. The molecule has 6 heteroatoms. The van der Waals surface area contributed by atoms with Crippen LogP contribution in [0.5, 0.6) is 0 Å². The Labute approximate surface area is 110 Å². The van der Waals surface area contributed by atoms with Crippen LogP contribution in [0.4, 0.5) is 16.6 Å². The van der Waals surface area contributed by atoms with Crippen LogP contribution in [0.15, 0.2) is 23.6 Å². The van der Waals surface area contributed by atoms with Gasteiger partial charge in [-0.1, -0.05) is 0 Å². The molecule has 0 bridgehead atoms. The van der Waals surface area contributed by atoms with Gasteiger partial charge >= 0.3 is 0 Å². The summed E-state index contributed by atoms with van der Waals surface area (Å²) in [5, 5.41) is 13.0. The maximum atomic E-state index is 4.40. The van der Waals surface area contributed by atoms with Crippen molar-refractivity contribution in [2.45, 2.75) is 13.0 Å². The fourth-order valence-electron chi connectivity index (χ4n) is 1.78. The molecule has 0 aliphatic carbocycles. The summed E-state index contributed by atoms with van der Waals surface area (Å²) in [6.07, 6.45) is 0. The first-order chi connectivity index (χ1) is 8.79. The van der Waals surface area contributed by atoms with E-state index in [2.05, 4.69) is 25.9 Å². The lowest BCUT2D eigenvalue weighted by Crippen LogP contribution is -2.51. The summed E-state index contributed by atoms with van der Waals surface area (Å²) in [5.74, 6) is 2.49. The van der Waals surface area contributed by atoms with Gasteiger partial charge in [0.25, 0.3) is 0 Å². The fraction of sp³-hybridized carbons (Fsp3) is 0.333. The van der Waals surface area contributed by atoms with Crippen molar-refractivity contribution in [3.63, 3.8) is 0 Å². The molecule has 94 valence electrons. The van der Waals surface area contributed by atoms with Crippen molar-refractivity contribution in [1.29, 1.82) is 0 Å². The van der Waals surface area contributed by atoms with Crippen LogP contribution in [0.3, 0.4) is 0 Å². The largest absolute Gasteiger partial charge is 0.365 e. The molecule has 2 aromatic rings. The Balaban J connectivity index is 1.76. The molecule has 0 saturated carbocycles. The Bertz CT molecular complexity index is 521. The highest BCUT2D eigenvalue weighted by atomic mass is 32.1. The van der Waals surface area contributed by atoms with Crippen LogP contribution >= 0.6 is 11.3 Å². The second-order valence-corrected chi connectivity index (χ2v) is 5.24. The second-order valence-electron chi connectivity index (χ2n) is 4.29. The van der Waals surface area contributed by atoms with Gasteiger partial charge in [-0.3, -0.25) is 0 Å². The molecule has 2 aromatic heterocycles. The molecular formula is C12H15N5S. The molecule has 0 spiro atoms. The molecule has 0 atom stereocenters. The summed E-state index contributed by atoms with van der Waals surface area (Å²) in [7, 11) is 0. The molecule has 1 aliphatic heterocycles. The number of nitrogens with zero attached hydrogens (tertiary/aromatic N) is 2. The number of anilines is 3. The Kier molecular flexibility index (Phi) is 3.12. The molecule has 3 heterocycles. The number of rotatable bonds is 4. The summed E-state index contributed by atoms with van der Waals surface area (Å²) in [5.41, 5.74) is 0. The SMILES string of the molecule is Cc1nc(Nc2cccs2)cc(NC2CNC2)n1. The molecule has 3 N–H and O–H groups in total. The summed E-state index contributed by atoms with van der Waals surface area (Å²) in [6.45, 7) is 3.90. The summed E-state index contributed by atoms with van der Waals surface area (Å²) in [6, 6.07) is 6.48. The van der Waals surface area contributed by atoms with Crippen LogP contribution in [-0.4, -0.2) is 29.1 Å². The fourth-order valence-corrected chi connectivity index (χ4v) is 2.41. The first-order valence-corrected chi connectivity index (χ1v) is 6.81. The van der Waals surface area contributed by atoms with Gasteiger partial charge in [0.2, 0.25) is 0 Å². The second kappa shape index (κ2) is 4.91. The number of hydrogen-bond donors (Lipinski definition) is 3. The first kappa shape index (κ1) is 11.4. The molecule has 1 fully saturated rings. The normalized spacial score (nSPS) is 15.2. The highest BCUT2D eigenvalue weighted by molar-refractivity contribution is 7.14. The molecule has 1 saturated heterocycles. The molecular weight excluding hydrogens is 246 g/mol. The highest BCUT2D eigenvalue weighted by Crippen LogP contribution is 2.22. The predicted octanol–water partition coefficient (Wildman–Crippen LogP) is 1.97. The highest BCUT2D eigenvalue weighted by Gasteiger charge is 2.17. The van der Waals surface area contributed by atoms with Crippen LogP contribution < -0.4 is 16.0 Å². The topological polar surface area (TPSA) is 61.9 Å². The number of thiophene rings is 1. The van der Waals surface area contributed by atoms with Gasteiger partial charge in [0.05, 0.1) is 11.0 Å². The first-order valence-electron chi connectivity index (χ1n) is 5.93. The van der Waals surface area contributed by atoms with Gasteiger partial charge in [-0.25, -0.2) is 9.97 Å². The Morgan fingerprint density at radius 1 is 1.33 bits per heavy atom. The third kappa shape index (κ3) is 2.60. The average Bonchev–Trinajstić information content (AvgIpc) is 2.75. The zero-order chi connectivity index (χ0) is 12.4. The van der Waals surface area contributed by atoms with E-state index in [9.17, 15) is 0 Å². The van der Waals surface area contributed by atoms with E-state index in [-0.39, 0.29) is 0 Å². The van der Waals surface area contributed by atoms with E-state index < -0.39 is 0 Å². The number of aryl methyl sites for hydroxylation is 1. The minimum absolute atomic E-state index is 0.480. The van der Waals surface area contributed by atoms with Gasteiger partial charge in [-0.05, 0) is 24.4 Å². The lowest BCUT2D eigenvalue weighted by molar-refractivity contribution is 0.471. The van der Waals surface area contributed by atoms with E-state index in [1.807, 2.05) is 30.5 Å². The third-order valence-electron chi connectivity index (χ3n) is 2.74. The Morgan fingerprint density at radius 3 is 2.83 bits per heavy atom. The van der Waals surface area contributed by atoms with Crippen molar-refractivity contribution in [2.75, 3.05) is 23.7 Å². The quantitative estimate of drug-likeness (QED) is 0.785. The van der Waals surface area contributed by atoms with Gasteiger partial charge in [0.1, 0.15) is 17.5 Å². The van der Waals surface area contributed by atoms with Crippen molar-refractivity contribution >= 4 is 28.0 Å². The van der Waals surface area contributed by atoms with Crippen LogP contribution in [0.25, 0.3) is 0 Å². The van der Waals surface area contributed by atoms with Crippen LogP contribution in [0.1, 0.15) is 5.82 Å². The molecule has 18 heavy (non-hydrogen) atoms. The van der Waals surface area contributed by atoms with Crippen molar-refractivity contribution in [3.8, 4) is 0 Å². The van der Waals surface area contributed by atoms with E-state index >= 15 is 0 Å². The monoisotopic (exact) mass is 261 g/mol. The third-order valence-corrected chi connectivity index (χ3v) is 3.53. The van der Waals surface area contributed by atoms with E-state index in [0.717, 1.165) is 35.6 Å². The van der Waals surface area contributed by atoms with Crippen molar-refractivity contribution in [2.24, 2.45) is 0 Å². The maximum absolute atomic E-state index is 4.40. The van der Waals surface area contributed by atoms with Crippen molar-refractivity contribution in [3.05, 3.63) is 29.4 Å². The molecule has 0 radical (unpaired) electrons. The van der Waals surface area contributed by atoms with E-state index in [0.29, 0.717) is 6.04 Å². The Morgan fingerprint density at radius 2 is 2.17 bits per heavy atom. The van der Waals surface area contributed by atoms with Gasteiger partial charge in [0.15, 0.2) is 0 Å².